The summed E-state index contributed by atoms with van der Waals surface area (Å²) in [6.07, 6.45) is 0. The molecule has 0 saturated heterocycles. The van der Waals surface area contributed by atoms with Gasteiger partial charge >= 0.3 is 0 Å². The van der Waals surface area contributed by atoms with E-state index in [0.717, 1.165) is 5.75 Å². The van der Waals surface area contributed by atoms with Crippen LogP contribution >= 0.6 is 0 Å². The highest BCUT2D eigenvalue weighted by atomic mass is 16.5. The Balaban J connectivity index is 3.31. The first kappa shape index (κ1) is 16.0. The van der Waals surface area contributed by atoms with Gasteiger partial charge < -0.3 is 15.8 Å². The quantitative estimate of drug-likeness (QED) is 0.830. The third-order valence-corrected chi connectivity index (χ3v) is 3.85. The first-order valence-corrected chi connectivity index (χ1v) is 6.98. The van der Waals surface area contributed by atoms with Crippen LogP contribution in [-0.4, -0.2) is 20.7 Å². The Morgan fingerprint density at radius 2 is 1.89 bits per heavy atom. The molecule has 3 nitrogen and oxygen atoms in total. The van der Waals surface area contributed by atoms with E-state index in [1.807, 2.05) is 7.05 Å². The van der Waals surface area contributed by atoms with Crippen molar-refractivity contribution >= 4 is 0 Å². The zero-order valence-corrected chi connectivity index (χ0v) is 13.1. The number of aryl methyl sites for hydroxylation is 2. The van der Waals surface area contributed by atoms with Gasteiger partial charge in [-0.25, -0.2) is 0 Å². The molecule has 0 spiro atoms. The van der Waals surface area contributed by atoms with Crippen LogP contribution in [0, 0.1) is 25.7 Å². The molecule has 0 radical (unpaired) electrons. The van der Waals surface area contributed by atoms with Gasteiger partial charge in [-0.2, -0.15) is 0 Å². The molecule has 0 aliphatic heterocycles. The standard InChI is InChI=1S/C16H28N2O/c1-10(2)14(9-17)15(18-5)13-8-11(3)7-12(4)16(13)19-6/h7-8,10,14-15,18H,9,17H2,1-6H3. The fraction of sp³-hybridized carbons (Fsp3) is 0.625. The molecule has 1 rings (SSSR count). The number of hydrogen-bond acceptors (Lipinski definition) is 3. The van der Waals surface area contributed by atoms with E-state index in [9.17, 15) is 0 Å². The van der Waals surface area contributed by atoms with Crippen LogP contribution in [0.2, 0.25) is 0 Å². The Morgan fingerprint density at radius 1 is 1.26 bits per heavy atom. The van der Waals surface area contributed by atoms with Crippen LogP contribution in [0.25, 0.3) is 0 Å². The van der Waals surface area contributed by atoms with Gasteiger partial charge in [0.15, 0.2) is 0 Å². The van der Waals surface area contributed by atoms with Crippen molar-refractivity contribution in [3.8, 4) is 5.75 Å². The SMILES string of the molecule is CNC(c1cc(C)cc(C)c1OC)C(CN)C(C)C. The number of hydrogen-bond donors (Lipinski definition) is 2. The summed E-state index contributed by atoms with van der Waals surface area (Å²) in [6.45, 7) is 9.32. The molecule has 0 amide bonds. The van der Waals surface area contributed by atoms with E-state index in [1.54, 1.807) is 7.11 Å². The van der Waals surface area contributed by atoms with Crippen LogP contribution in [0.1, 0.15) is 36.6 Å². The lowest BCUT2D eigenvalue weighted by atomic mass is 9.83. The van der Waals surface area contributed by atoms with Crippen LogP contribution in [-0.2, 0) is 0 Å². The van der Waals surface area contributed by atoms with Gasteiger partial charge in [-0.3, -0.25) is 0 Å². The summed E-state index contributed by atoms with van der Waals surface area (Å²) in [6, 6.07) is 4.58. The van der Waals surface area contributed by atoms with Crippen molar-refractivity contribution in [3.05, 3.63) is 28.8 Å². The molecule has 2 unspecified atom stereocenters. The van der Waals surface area contributed by atoms with E-state index in [4.69, 9.17) is 10.5 Å². The van der Waals surface area contributed by atoms with Gasteiger partial charge in [0.25, 0.3) is 0 Å². The molecule has 108 valence electrons. The lowest BCUT2D eigenvalue weighted by molar-refractivity contribution is 0.290. The number of ether oxygens (including phenoxy) is 1. The first-order chi connectivity index (χ1) is 8.96. The Morgan fingerprint density at radius 3 is 2.32 bits per heavy atom. The van der Waals surface area contributed by atoms with Crippen LogP contribution in [0.3, 0.4) is 0 Å². The minimum absolute atomic E-state index is 0.221. The van der Waals surface area contributed by atoms with Gasteiger partial charge in [0.05, 0.1) is 7.11 Å². The van der Waals surface area contributed by atoms with Crippen LogP contribution in [0.4, 0.5) is 0 Å². The van der Waals surface area contributed by atoms with Crippen LogP contribution in [0.5, 0.6) is 5.75 Å². The molecular formula is C16H28N2O. The van der Waals surface area contributed by atoms with E-state index >= 15 is 0 Å². The number of nitrogens with two attached hydrogens (primary N) is 1. The summed E-state index contributed by atoms with van der Waals surface area (Å²) in [5.74, 6) is 1.89. The van der Waals surface area contributed by atoms with Crippen molar-refractivity contribution in [2.75, 3.05) is 20.7 Å². The molecule has 19 heavy (non-hydrogen) atoms. The van der Waals surface area contributed by atoms with E-state index in [1.165, 1.54) is 16.7 Å². The van der Waals surface area contributed by atoms with Crippen molar-refractivity contribution in [3.63, 3.8) is 0 Å². The van der Waals surface area contributed by atoms with Gasteiger partial charge in [-0.15, -0.1) is 0 Å². The number of methoxy groups -OCH3 is 1. The molecule has 0 aliphatic rings. The van der Waals surface area contributed by atoms with Gasteiger partial charge in [0, 0.05) is 11.6 Å². The Bertz CT molecular complexity index is 415. The molecule has 0 aromatic heterocycles. The third kappa shape index (κ3) is 3.48. The van der Waals surface area contributed by atoms with Gasteiger partial charge in [0.2, 0.25) is 0 Å². The van der Waals surface area contributed by atoms with Crippen molar-refractivity contribution < 1.29 is 4.74 Å². The molecule has 0 aliphatic carbocycles. The smallest absolute Gasteiger partial charge is 0.126 e. The second-order valence-electron chi connectivity index (χ2n) is 5.61. The van der Waals surface area contributed by atoms with Crippen molar-refractivity contribution in [1.29, 1.82) is 0 Å². The van der Waals surface area contributed by atoms with Crippen LogP contribution < -0.4 is 15.8 Å². The normalized spacial score (nSPS) is 14.5. The van der Waals surface area contributed by atoms with Crippen molar-refractivity contribution in [2.45, 2.75) is 33.7 Å². The molecule has 0 saturated carbocycles. The predicted octanol–water partition coefficient (Wildman–Crippen LogP) is 2.80. The number of rotatable bonds is 6. The lowest BCUT2D eigenvalue weighted by Gasteiger charge is -2.31. The fourth-order valence-corrected chi connectivity index (χ4v) is 2.89. The Hall–Kier alpha value is -1.06. The zero-order valence-electron chi connectivity index (χ0n) is 13.1. The van der Waals surface area contributed by atoms with Gasteiger partial charge in [-0.1, -0.05) is 31.5 Å². The highest BCUT2D eigenvalue weighted by Gasteiger charge is 2.26. The van der Waals surface area contributed by atoms with E-state index < -0.39 is 0 Å². The second kappa shape index (κ2) is 6.92. The maximum absolute atomic E-state index is 5.97. The van der Waals surface area contributed by atoms with E-state index in [2.05, 4.69) is 45.1 Å². The highest BCUT2D eigenvalue weighted by molar-refractivity contribution is 5.45. The first-order valence-electron chi connectivity index (χ1n) is 6.98. The van der Waals surface area contributed by atoms with Crippen molar-refractivity contribution in [2.24, 2.45) is 17.6 Å². The molecule has 3 heteroatoms. The monoisotopic (exact) mass is 264 g/mol. The predicted molar refractivity (Wildman–Crippen MR) is 81.7 cm³/mol. The van der Waals surface area contributed by atoms with Gasteiger partial charge in [0.1, 0.15) is 5.75 Å². The summed E-state index contributed by atoms with van der Waals surface area (Å²) < 4.78 is 5.61. The number of nitrogens with one attached hydrogen (secondary N) is 1. The van der Waals surface area contributed by atoms with E-state index in [-0.39, 0.29) is 6.04 Å². The van der Waals surface area contributed by atoms with E-state index in [0.29, 0.717) is 18.4 Å². The largest absolute Gasteiger partial charge is 0.496 e. The molecule has 0 heterocycles. The molecule has 1 aromatic carbocycles. The Kier molecular flexibility index (Phi) is 5.83. The number of benzene rings is 1. The topological polar surface area (TPSA) is 47.3 Å². The molecule has 0 fully saturated rings. The molecule has 2 atom stereocenters. The van der Waals surface area contributed by atoms with Crippen LogP contribution in [0.15, 0.2) is 12.1 Å². The average molecular weight is 264 g/mol. The second-order valence-corrected chi connectivity index (χ2v) is 5.61. The molecular weight excluding hydrogens is 236 g/mol. The summed E-state index contributed by atoms with van der Waals surface area (Å²) in [4.78, 5) is 0. The summed E-state index contributed by atoms with van der Waals surface area (Å²) in [7, 11) is 3.73. The third-order valence-electron chi connectivity index (χ3n) is 3.85. The fourth-order valence-electron chi connectivity index (χ4n) is 2.89. The minimum atomic E-state index is 0.221. The summed E-state index contributed by atoms with van der Waals surface area (Å²) in [5, 5.41) is 3.42. The highest BCUT2D eigenvalue weighted by Crippen LogP contribution is 2.35. The Labute approximate surface area is 117 Å². The maximum atomic E-state index is 5.97. The average Bonchev–Trinajstić information content (AvgIpc) is 2.34. The summed E-state index contributed by atoms with van der Waals surface area (Å²) in [5.41, 5.74) is 9.62. The lowest BCUT2D eigenvalue weighted by Crippen LogP contribution is -2.34. The zero-order chi connectivity index (χ0) is 14.6. The summed E-state index contributed by atoms with van der Waals surface area (Å²) >= 11 is 0. The molecule has 1 aromatic rings. The molecule has 0 bridgehead atoms. The van der Waals surface area contributed by atoms with Gasteiger partial charge in [-0.05, 0) is 44.8 Å². The molecule has 3 N–H and O–H groups in total. The maximum Gasteiger partial charge on any atom is 0.126 e. The minimum Gasteiger partial charge on any atom is -0.496 e. The van der Waals surface area contributed by atoms with Crippen molar-refractivity contribution in [1.82, 2.24) is 5.32 Å².